The average molecular weight is 457 g/mol. The van der Waals surface area contributed by atoms with E-state index < -0.39 is 28.0 Å². The van der Waals surface area contributed by atoms with E-state index in [9.17, 15) is 18.0 Å². The molecule has 1 N–H and O–H groups in total. The fourth-order valence-corrected chi connectivity index (χ4v) is 5.28. The first-order chi connectivity index (χ1) is 15.3. The van der Waals surface area contributed by atoms with Crippen LogP contribution in [0, 0.1) is 12.8 Å². The van der Waals surface area contributed by atoms with Gasteiger partial charge in [0.2, 0.25) is 16.1 Å². The molecule has 0 bridgehead atoms. The molecule has 1 aliphatic carbocycles. The first kappa shape index (κ1) is 22.5. The normalized spacial score (nSPS) is 18.7. The van der Waals surface area contributed by atoms with Crippen LogP contribution in [0.3, 0.4) is 0 Å². The molecule has 0 spiro atoms. The molecule has 7 nitrogen and oxygen atoms in total. The van der Waals surface area contributed by atoms with Crippen molar-refractivity contribution < 1.29 is 22.7 Å². The molecule has 170 valence electrons. The molecule has 2 aliphatic rings. The third-order valence-electron chi connectivity index (χ3n) is 5.94. The van der Waals surface area contributed by atoms with Gasteiger partial charge in [-0.25, -0.2) is 8.42 Å². The number of aryl methyl sites for hydroxylation is 1. The van der Waals surface area contributed by atoms with Crippen LogP contribution in [0.25, 0.3) is 0 Å². The predicted octanol–water partition coefficient (Wildman–Crippen LogP) is 2.96. The molecule has 4 rings (SSSR count). The Morgan fingerprint density at radius 3 is 2.19 bits per heavy atom. The highest BCUT2D eigenvalue weighted by atomic mass is 32.2. The molecule has 1 heterocycles. The quantitative estimate of drug-likeness (QED) is 0.647. The molecule has 0 radical (unpaired) electrons. The SMILES string of the molecule is Cc1ccc(S(=O)(=O)N2CCC(C(=O)O[C@H](C(=O)NC3CC3)c3ccccc3)CC2)cc1. The minimum atomic E-state index is -3.60. The maximum atomic E-state index is 12.9. The second-order valence-electron chi connectivity index (χ2n) is 8.50. The highest BCUT2D eigenvalue weighted by Gasteiger charge is 2.36. The van der Waals surface area contributed by atoms with Crippen LogP contribution in [-0.4, -0.2) is 43.7 Å². The number of hydrogen-bond acceptors (Lipinski definition) is 5. The number of sulfonamides is 1. The van der Waals surface area contributed by atoms with Crippen molar-refractivity contribution in [2.45, 2.75) is 49.6 Å². The maximum Gasteiger partial charge on any atom is 0.310 e. The molecule has 1 aliphatic heterocycles. The molecule has 32 heavy (non-hydrogen) atoms. The number of nitrogens with one attached hydrogen (secondary N) is 1. The molecule has 8 heteroatoms. The Morgan fingerprint density at radius 1 is 0.969 bits per heavy atom. The number of esters is 1. The number of benzene rings is 2. The van der Waals surface area contributed by atoms with E-state index in [2.05, 4.69) is 5.32 Å². The molecular weight excluding hydrogens is 428 g/mol. The van der Waals surface area contributed by atoms with Gasteiger partial charge in [-0.15, -0.1) is 0 Å². The summed E-state index contributed by atoms with van der Waals surface area (Å²) < 4.78 is 32.9. The van der Waals surface area contributed by atoms with Crippen LogP contribution in [0.5, 0.6) is 0 Å². The Kier molecular flexibility index (Phi) is 6.62. The van der Waals surface area contributed by atoms with E-state index in [4.69, 9.17) is 4.74 Å². The number of rotatable bonds is 7. The van der Waals surface area contributed by atoms with E-state index in [-0.39, 0.29) is 29.9 Å². The Balaban J connectivity index is 1.39. The maximum absolute atomic E-state index is 12.9. The molecule has 2 aromatic carbocycles. The number of carbonyl (C=O) groups excluding carboxylic acids is 2. The number of carbonyl (C=O) groups is 2. The third-order valence-corrected chi connectivity index (χ3v) is 7.86. The van der Waals surface area contributed by atoms with Gasteiger partial charge in [0.25, 0.3) is 5.91 Å². The largest absolute Gasteiger partial charge is 0.447 e. The molecule has 2 fully saturated rings. The molecule has 0 unspecified atom stereocenters. The highest BCUT2D eigenvalue weighted by Crippen LogP contribution is 2.28. The fourth-order valence-electron chi connectivity index (χ4n) is 3.81. The first-order valence-corrected chi connectivity index (χ1v) is 12.4. The summed E-state index contributed by atoms with van der Waals surface area (Å²) >= 11 is 0. The van der Waals surface area contributed by atoms with E-state index in [1.165, 1.54) is 4.31 Å². The van der Waals surface area contributed by atoms with Gasteiger partial charge in [0.1, 0.15) is 0 Å². The summed E-state index contributed by atoms with van der Waals surface area (Å²) in [4.78, 5) is 25.8. The van der Waals surface area contributed by atoms with Gasteiger partial charge in [0, 0.05) is 24.7 Å². The fraction of sp³-hybridized carbons (Fsp3) is 0.417. The van der Waals surface area contributed by atoms with Crippen molar-refractivity contribution in [1.29, 1.82) is 0 Å². The van der Waals surface area contributed by atoms with Crippen molar-refractivity contribution >= 4 is 21.9 Å². The summed E-state index contributed by atoms with van der Waals surface area (Å²) in [7, 11) is -3.60. The summed E-state index contributed by atoms with van der Waals surface area (Å²) in [6.07, 6.45) is 1.59. The number of ether oxygens (including phenoxy) is 1. The van der Waals surface area contributed by atoms with E-state index in [0.29, 0.717) is 18.4 Å². The van der Waals surface area contributed by atoms with Crippen LogP contribution in [0.2, 0.25) is 0 Å². The monoisotopic (exact) mass is 456 g/mol. The van der Waals surface area contributed by atoms with Gasteiger partial charge >= 0.3 is 5.97 Å². The minimum absolute atomic E-state index is 0.155. The van der Waals surface area contributed by atoms with Gasteiger partial charge < -0.3 is 10.1 Å². The number of hydrogen-bond donors (Lipinski definition) is 1. The summed E-state index contributed by atoms with van der Waals surface area (Å²) in [6, 6.07) is 15.9. The predicted molar refractivity (Wildman–Crippen MR) is 119 cm³/mol. The second-order valence-corrected chi connectivity index (χ2v) is 10.4. The minimum Gasteiger partial charge on any atom is -0.447 e. The van der Waals surface area contributed by atoms with Gasteiger partial charge in [-0.3, -0.25) is 9.59 Å². The Labute approximate surface area is 188 Å². The van der Waals surface area contributed by atoms with Crippen molar-refractivity contribution in [2.24, 2.45) is 5.92 Å². The summed E-state index contributed by atoms with van der Waals surface area (Å²) in [6.45, 7) is 2.38. The number of piperidine rings is 1. The Hall–Kier alpha value is -2.71. The van der Waals surface area contributed by atoms with Crippen molar-refractivity contribution in [1.82, 2.24) is 9.62 Å². The van der Waals surface area contributed by atoms with Crippen LogP contribution >= 0.6 is 0 Å². The number of amides is 1. The summed E-state index contributed by atoms with van der Waals surface area (Å²) in [5.74, 6) is -1.22. The molecule has 1 amide bonds. The van der Waals surface area contributed by atoms with Crippen LogP contribution in [0.4, 0.5) is 0 Å². The van der Waals surface area contributed by atoms with Crippen LogP contribution in [0.15, 0.2) is 59.5 Å². The lowest BCUT2D eigenvalue weighted by Gasteiger charge is -2.31. The zero-order chi connectivity index (χ0) is 22.7. The van der Waals surface area contributed by atoms with Crippen molar-refractivity contribution in [3.63, 3.8) is 0 Å². The smallest absolute Gasteiger partial charge is 0.310 e. The standard InChI is InChI=1S/C24H28N2O5S/c1-17-7-11-21(12-8-17)32(29,30)26-15-13-19(14-16-26)24(28)31-22(18-5-3-2-4-6-18)23(27)25-20-9-10-20/h2-8,11-12,19-20,22H,9-10,13-16H2,1H3,(H,25,27)/t22-/m0/s1. The van der Waals surface area contributed by atoms with Crippen molar-refractivity contribution in [3.8, 4) is 0 Å². The van der Waals surface area contributed by atoms with Gasteiger partial charge in [-0.05, 0) is 44.7 Å². The molecule has 1 saturated carbocycles. The topological polar surface area (TPSA) is 92.8 Å². The Morgan fingerprint density at radius 2 is 1.59 bits per heavy atom. The first-order valence-electron chi connectivity index (χ1n) is 11.0. The van der Waals surface area contributed by atoms with Gasteiger partial charge in [-0.2, -0.15) is 4.31 Å². The third kappa shape index (κ3) is 5.19. The Bertz CT molecular complexity index is 1060. The zero-order valence-electron chi connectivity index (χ0n) is 18.1. The van der Waals surface area contributed by atoms with Crippen molar-refractivity contribution in [2.75, 3.05) is 13.1 Å². The van der Waals surface area contributed by atoms with Crippen molar-refractivity contribution in [3.05, 3.63) is 65.7 Å². The molecular formula is C24H28N2O5S. The van der Waals surface area contributed by atoms with Crippen LogP contribution in [-0.2, 0) is 24.3 Å². The lowest BCUT2D eigenvalue weighted by molar-refractivity contribution is -0.161. The van der Waals surface area contributed by atoms with E-state index in [1.54, 1.807) is 48.5 Å². The van der Waals surface area contributed by atoms with Gasteiger partial charge in [0.05, 0.1) is 10.8 Å². The van der Waals surface area contributed by atoms with E-state index in [0.717, 1.165) is 18.4 Å². The van der Waals surface area contributed by atoms with Crippen LogP contribution < -0.4 is 5.32 Å². The summed E-state index contributed by atoms with van der Waals surface area (Å²) in [5, 5.41) is 2.91. The van der Waals surface area contributed by atoms with E-state index in [1.807, 2.05) is 13.0 Å². The zero-order valence-corrected chi connectivity index (χ0v) is 18.9. The van der Waals surface area contributed by atoms with Gasteiger partial charge in [-0.1, -0.05) is 48.0 Å². The summed E-state index contributed by atoms with van der Waals surface area (Å²) in [5.41, 5.74) is 1.61. The van der Waals surface area contributed by atoms with Gasteiger partial charge in [0.15, 0.2) is 0 Å². The average Bonchev–Trinajstić information content (AvgIpc) is 3.62. The van der Waals surface area contributed by atoms with E-state index >= 15 is 0 Å². The molecule has 1 saturated heterocycles. The molecule has 1 atom stereocenters. The lowest BCUT2D eigenvalue weighted by atomic mass is 9.98. The molecule has 2 aromatic rings. The second kappa shape index (κ2) is 9.42. The number of nitrogens with zero attached hydrogens (tertiary/aromatic N) is 1. The molecule has 0 aromatic heterocycles. The lowest BCUT2D eigenvalue weighted by Crippen LogP contribution is -2.41. The van der Waals surface area contributed by atoms with Crippen LogP contribution in [0.1, 0.15) is 42.9 Å². The highest BCUT2D eigenvalue weighted by molar-refractivity contribution is 7.89.